The molecule has 0 spiro atoms. The Labute approximate surface area is 378 Å². The van der Waals surface area contributed by atoms with Gasteiger partial charge in [0.05, 0.1) is 29.0 Å². The van der Waals surface area contributed by atoms with E-state index in [1.807, 2.05) is 6.92 Å². The number of cyclic esters (lactones) is 1. The highest BCUT2D eigenvalue weighted by Gasteiger charge is 2.51. The largest absolute Gasteiger partial charge is 0.510 e. The van der Waals surface area contributed by atoms with E-state index in [1.54, 1.807) is 55.7 Å². The van der Waals surface area contributed by atoms with E-state index in [-0.39, 0.29) is 81.7 Å². The van der Waals surface area contributed by atoms with E-state index in [0.29, 0.717) is 34.6 Å². The first-order valence-corrected chi connectivity index (χ1v) is 21.7. The van der Waals surface area contributed by atoms with Gasteiger partial charge in [0.2, 0.25) is 23.3 Å². The van der Waals surface area contributed by atoms with E-state index in [4.69, 9.17) is 30.0 Å². The highest BCUT2D eigenvalue weighted by Crippen LogP contribution is 2.42. The van der Waals surface area contributed by atoms with Crippen molar-refractivity contribution in [3.63, 3.8) is 0 Å². The highest BCUT2D eigenvalue weighted by atomic mass is 16.7. The fourth-order valence-electron chi connectivity index (χ4n) is 8.17. The number of anilines is 1. The van der Waals surface area contributed by atoms with E-state index in [1.165, 1.54) is 18.2 Å². The molecule has 20 heteroatoms. The number of aromatic hydroxyl groups is 1. The molecule has 2 aromatic carbocycles. The van der Waals surface area contributed by atoms with Crippen molar-refractivity contribution in [2.24, 2.45) is 11.7 Å². The molecule has 4 aromatic rings. The molecular formula is C46H53N7O13. The number of ether oxygens (including phenoxy) is 3. The second-order valence-electron chi connectivity index (χ2n) is 16.4. The number of nitrogens with one attached hydrogen (secondary N) is 4. The summed E-state index contributed by atoms with van der Waals surface area (Å²) in [6.45, 7) is 6.67. The number of nitrogens with two attached hydrogens (primary N) is 1. The number of aliphatic carboxylic acids is 1. The zero-order chi connectivity index (χ0) is 47.9. The molecule has 4 heterocycles. The monoisotopic (exact) mass is 911 g/mol. The van der Waals surface area contributed by atoms with E-state index >= 15 is 0 Å². The second-order valence-corrected chi connectivity index (χ2v) is 16.4. The number of hydrogen-bond donors (Lipinski definition) is 7. The number of carboxylic acid groups (broad SMARTS) is 1. The Morgan fingerprint density at radius 1 is 0.955 bits per heavy atom. The molecule has 2 aliphatic heterocycles. The van der Waals surface area contributed by atoms with Gasteiger partial charge in [-0.15, -0.1) is 0 Å². The van der Waals surface area contributed by atoms with Crippen LogP contribution in [0.3, 0.4) is 0 Å². The van der Waals surface area contributed by atoms with E-state index in [9.17, 15) is 43.5 Å². The van der Waals surface area contributed by atoms with Crippen molar-refractivity contribution in [1.29, 1.82) is 0 Å². The molecule has 0 saturated heterocycles. The van der Waals surface area contributed by atoms with Crippen LogP contribution in [0.15, 0.2) is 53.3 Å². The van der Waals surface area contributed by atoms with Crippen LogP contribution in [0.2, 0.25) is 0 Å². The van der Waals surface area contributed by atoms with Gasteiger partial charge in [-0.1, -0.05) is 39.8 Å². The van der Waals surface area contributed by atoms with Gasteiger partial charge in [0.25, 0.3) is 5.56 Å². The summed E-state index contributed by atoms with van der Waals surface area (Å²) < 4.78 is 18.2. The van der Waals surface area contributed by atoms with Crippen molar-refractivity contribution in [3.8, 4) is 17.1 Å². The SMILES string of the molecule is CCc1c2c(nc3ccc(O)cc13)-c1cc3c(c(=O)n1C2)COC(=O)[C@@]3(CC)OC(=O)OCc1ccc(NC(=O)[C@H](CCCNC(N)=O)NC(=O)[C@@H](NC(=O)CCCC(=O)O)C(C)C)cc1. The Balaban J connectivity index is 1.13. The molecule has 0 bridgehead atoms. The first-order valence-electron chi connectivity index (χ1n) is 21.7. The van der Waals surface area contributed by atoms with Crippen LogP contribution in [-0.2, 0) is 70.0 Å². The van der Waals surface area contributed by atoms with Gasteiger partial charge in [-0.05, 0) is 85.5 Å². The number of fused-ring (bicyclic) bond motifs is 5. The maximum absolute atomic E-state index is 14.1. The smallest absolute Gasteiger partial charge is 0.508 e. The number of carbonyl (C=O) groups is 7. The summed E-state index contributed by atoms with van der Waals surface area (Å²) in [4.78, 5) is 107. The van der Waals surface area contributed by atoms with Crippen LogP contribution in [0.25, 0.3) is 22.3 Å². The van der Waals surface area contributed by atoms with Crippen molar-refractivity contribution in [3.05, 3.63) is 86.7 Å². The molecule has 0 aliphatic carbocycles. The Bertz CT molecular complexity index is 2630. The predicted molar refractivity (Wildman–Crippen MR) is 237 cm³/mol. The van der Waals surface area contributed by atoms with Gasteiger partial charge in [0.15, 0.2) is 0 Å². The molecule has 2 aliphatic rings. The van der Waals surface area contributed by atoms with Crippen molar-refractivity contribution in [1.82, 2.24) is 25.5 Å². The number of benzene rings is 2. The fourth-order valence-corrected chi connectivity index (χ4v) is 8.17. The summed E-state index contributed by atoms with van der Waals surface area (Å²) in [5, 5.41) is 30.3. The summed E-state index contributed by atoms with van der Waals surface area (Å²) in [7, 11) is 0. The molecule has 66 heavy (non-hydrogen) atoms. The molecule has 3 atom stereocenters. The van der Waals surface area contributed by atoms with Crippen LogP contribution < -0.4 is 32.6 Å². The van der Waals surface area contributed by atoms with Crippen molar-refractivity contribution >= 4 is 58.4 Å². The molecule has 0 fully saturated rings. The molecule has 0 radical (unpaired) electrons. The molecule has 2 aromatic heterocycles. The van der Waals surface area contributed by atoms with Gasteiger partial charge < -0.3 is 56.0 Å². The molecule has 0 unspecified atom stereocenters. The van der Waals surface area contributed by atoms with Crippen LogP contribution in [0.1, 0.15) is 94.0 Å². The summed E-state index contributed by atoms with van der Waals surface area (Å²) in [6, 6.07) is 9.78. The molecule has 0 saturated carbocycles. The van der Waals surface area contributed by atoms with E-state index in [0.717, 1.165) is 16.5 Å². The first kappa shape index (κ1) is 48.0. The Morgan fingerprint density at radius 2 is 1.70 bits per heavy atom. The summed E-state index contributed by atoms with van der Waals surface area (Å²) in [6.07, 6.45) is -0.619. The molecule has 350 valence electrons. The number of aromatic nitrogens is 2. The van der Waals surface area contributed by atoms with Gasteiger partial charge in [0, 0.05) is 41.6 Å². The van der Waals surface area contributed by atoms with Gasteiger partial charge in [0.1, 0.15) is 31.0 Å². The number of phenols is 1. The molecule has 20 nitrogen and oxygen atoms in total. The van der Waals surface area contributed by atoms with Gasteiger partial charge >= 0.3 is 24.1 Å². The molecule has 5 amide bonds. The predicted octanol–water partition coefficient (Wildman–Crippen LogP) is 3.98. The number of nitrogens with zero attached hydrogens (tertiary/aromatic N) is 2. The molecular weight excluding hydrogens is 859 g/mol. The Hall–Kier alpha value is -7.51. The Morgan fingerprint density at radius 3 is 2.36 bits per heavy atom. The standard InChI is InChI=1S/C46H53N7O13/c1-5-28-29-19-27(54)16-17-33(29)50-39-30(28)21-53-35(39)20-32-31(42(53)60)23-64-43(61)46(32,6-2)66-45(63)65-22-25-12-14-26(15-13-25)49-40(58)34(9-8-18-48-44(47)62)51-41(59)38(24(3)4)52-36(55)10-7-11-37(56)57/h12-17,19-20,24,34,38,54H,5-11,18,21-23H2,1-4H3,(H,49,58)(H,51,59)(H,52,55)(H,56,57)(H3,47,48,62)/t34-,38-,46-/m0/s1. The van der Waals surface area contributed by atoms with Crippen molar-refractivity contribution < 1.29 is 58.0 Å². The average Bonchev–Trinajstić information content (AvgIpc) is 3.64. The van der Waals surface area contributed by atoms with Crippen LogP contribution in [-0.4, -0.2) is 80.2 Å². The van der Waals surface area contributed by atoms with Crippen LogP contribution >= 0.6 is 0 Å². The number of pyridine rings is 2. The molecule has 8 N–H and O–H groups in total. The lowest BCUT2D eigenvalue weighted by Crippen LogP contribution is -2.54. The zero-order valence-corrected chi connectivity index (χ0v) is 37.0. The number of amides is 5. The van der Waals surface area contributed by atoms with Crippen LogP contribution in [0.4, 0.5) is 15.3 Å². The van der Waals surface area contributed by atoms with Crippen molar-refractivity contribution in [2.75, 3.05) is 11.9 Å². The number of esters is 1. The Kier molecular flexibility index (Phi) is 14.9. The van der Waals surface area contributed by atoms with Gasteiger partial charge in [-0.3, -0.25) is 24.0 Å². The molecule has 6 rings (SSSR count). The lowest BCUT2D eigenvalue weighted by atomic mass is 9.85. The summed E-state index contributed by atoms with van der Waals surface area (Å²) in [5.74, 6) is -4.00. The normalized spacial score (nSPS) is 15.6. The van der Waals surface area contributed by atoms with Gasteiger partial charge in [-0.25, -0.2) is 19.4 Å². The quantitative estimate of drug-likeness (QED) is 0.0456. The number of urea groups is 1. The minimum atomic E-state index is -2.02. The number of hydrogen-bond acceptors (Lipinski definition) is 13. The average molecular weight is 912 g/mol. The third-order valence-corrected chi connectivity index (χ3v) is 11.6. The van der Waals surface area contributed by atoms with Gasteiger partial charge in [-0.2, -0.15) is 0 Å². The first-order chi connectivity index (χ1) is 31.5. The number of rotatable bonds is 19. The number of aryl methyl sites for hydroxylation is 1. The summed E-state index contributed by atoms with van der Waals surface area (Å²) in [5.41, 5.74) is 7.16. The minimum Gasteiger partial charge on any atom is -0.508 e. The minimum absolute atomic E-state index is 0.0746. The number of primary amides is 1. The van der Waals surface area contributed by atoms with E-state index in [2.05, 4.69) is 21.3 Å². The second kappa shape index (κ2) is 20.5. The third kappa shape index (κ3) is 10.5. The third-order valence-electron chi connectivity index (χ3n) is 11.6. The van der Waals surface area contributed by atoms with E-state index < -0.39 is 71.0 Å². The number of carbonyl (C=O) groups excluding carboxylic acids is 6. The van der Waals surface area contributed by atoms with Crippen LogP contribution in [0, 0.1) is 5.92 Å². The van der Waals surface area contributed by atoms with Crippen LogP contribution in [0.5, 0.6) is 5.75 Å². The van der Waals surface area contributed by atoms with Crippen molar-refractivity contribution in [2.45, 2.75) is 110 Å². The lowest BCUT2D eigenvalue weighted by Gasteiger charge is -2.35. The summed E-state index contributed by atoms with van der Waals surface area (Å²) >= 11 is 0. The fraction of sp³-hybridized carbons (Fsp3) is 0.413. The zero-order valence-electron chi connectivity index (χ0n) is 37.0. The lowest BCUT2D eigenvalue weighted by molar-refractivity contribution is -0.175. The maximum Gasteiger partial charge on any atom is 0.510 e. The number of carboxylic acids is 1. The topological polar surface area (TPSA) is 297 Å². The highest BCUT2D eigenvalue weighted by molar-refractivity contribution is 5.98. The maximum atomic E-state index is 14.1. The number of phenolic OH excluding ortho intramolecular Hbond substituents is 1.